The van der Waals surface area contributed by atoms with E-state index in [1.165, 1.54) is 0 Å². The van der Waals surface area contributed by atoms with E-state index in [2.05, 4.69) is 22.5 Å². The van der Waals surface area contributed by atoms with Crippen molar-refractivity contribution in [3.05, 3.63) is 27.7 Å². The predicted molar refractivity (Wildman–Crippen MR) is 88.4 cm³/mol. The van der Waals surface area contributed by atoms with Crippen LogP contribution < -0.4 is 10.6 Å². The van der Waals surface area contributed by atoms with Gasteiger partial charge in [0.25, 0.3) is 0 Å². The average Bonchev–Trinajstić information content (AvgIpc) is 2.99. The Balaban J connectivity index is 2.02. The monoisotopic (exact) mass is 329 g/mol. The van der Waals surface area contributed by atoms with Crippen molar-refractivity contribution in [3.63, 3.8) is 0 Å². The molecule has 0 aromatic heterocycles. The maximum atomic E-state index is 12.3. The lowest BCUT2D eigenvalue weighted by molar-refractivity contribution is -0.117. The van der Waals surface area contributed by atoms with Crippen LogP contribution in [0.25, 0.3) is 0 Å². The van der Waals surface area contributed by atoms with Crippen LogP contribution in [0.1, 0.15) is 18.9 Å². The van der Waals surface area contributed by atoms with Gasteiger partial charge in [0.05, 0.1) is 22.3 Å². The van der Waals surface area contributed by atoms with Gasteiger partial charge in [-0.05, 0) is 38.1 Å². The number of likely N-dealkylation sites (N-methyl/N-ethyl adjacent to an activating group) is 1. The highest BCUT2D eigenvalue weighted by atomic mass is 35.5. The zero-order chi connectivity index (χ0) is 15.4. The molecule has 1 amide bonds. The molecule has 6 heteroatoms. The lowest BCUT2D eigenvalue weighted by Crippen LogP contribution is -2.41. The topological polar surface area (TPSA) is 44.4 Å². The largest absolute Gasteiger partial charge is 0.322 e. The zero-order valence-corrected chi connectivity index (χ0v) is 13.9. The minimum absolute atomic E-state index is 0.0850. The Morgan fingerprint density at radius 3 is 2.86 bits per heavy atom. The second-order valence-electron chi connectivity index (χ2n) is 5.31. The van der Waals surface area contributed by atoms with E-state index in [-0.39, 0.29) is 5.91 Å². The molecule has 0 bridgehead atoms. The predicted octanol–water partition coefficient (Wildman–Crippen LogP) is 2.92. The van der Waals surface area contributed by atoms with Gasteiger partial charge in [-0.3, -0.25) is 9.69 Å². The molecule has 0 aliphatic carbocycles. The normalized spacial score (nSPS) is 18.2. The third kappa shape index (κ3) is 4.10. The Morgan fingerprint density at radius 2 is 2.24 bits per heavy atom. The molecule has 0 spiro atoms. The summed E-state index contributed by atoms with van der Waals surface area (Å²) in [5.74, 6) is -0.0850. The third-order valence-corrected chi connectivity index (χ3v) is 4.65. The van der Waals surface area contributed by atoms with Crippen LogP contribution in [-0.4, -0.2) is 43.0 Å². The highest BCUT2D eigenvalue weighted by Gasteiger charge is 2.23. The van der Waals surface area contributed by atoms with Crippen LogP contribution in [0.15, 0.2) is 12.1 Å². The van der Waals surface area contributed by atoms with Gasteiger partial charge in [-0.2, -0.15) is 0 Å². The van der Waals surface area contributed by atoms with Crippen molar-refractivity contribution in [2.45, 2.75) is 26.3 Å². The molecule has 1 heterocycles. The molecular weight excluding hydrogens is 309 g/mol. The van der Waals surface area contributed by atoms with Crippen molar-refractivity contribution in [2.75, 3.05) is 31.5 Å². The first kappa shape index (κ1) is 16.6. The summed E-state index contributed by atoms with van der Waals surface area (Å²) in [5, 5.41) is 7.13. The first-order valence-electron chi connectivity index (χ1n) is 7.22. The van der Waals surface area contributed by atoms with Crippen molar-refractivity contribution in [1.82, 2.24) is 10.2 Å². The van der Waals surface area contributed by atoms with E-state index in [0.29, 0.717) is 28.3 Å². The molecule has 2 rings (SSSR count). The fourth-order valence-corrected chi connectivity index (χ4v) is 3.05. The summed E-state index contributed by atoms with van der Waals surface area (Å²) in [4.78, 5) is 14.4. The lowest BCUT2D eigenvalue weighted by Gasteiger charge is -2.26. The Hall–Kier alpha value is -0.810. The number of benzene rings is 1. The number of hydrogen-bond donors (Lipinski definition) is 2. The van der Waals surface area contributed by atoms with Crippen molar-refractivity contribution in [3.8, 4) is 0 Å². The summed E-state index contributed by atoms with van der Waals surface area (Å²) in [6, 6.07) is 4.00. The number of halogens is 2. The third-order valence-electron chi connectivity index (χ3n) is 3.85. The highest BCUT2D eigenvalue weighted by Crippen LogP contribution is 2.32. The van der Waals surface area contributed by atoms with Crippen LogP contribution in [0.3, 0.4) is 0 Å². The molecule has 116 valence electrons. The number of rotatable bonds is 5. The molecule has 1 unspecified atom stereocenters. The molecule has 2 N–H and O–H groups in total. The molecule has 1 aliphatic heterocycles. The van der Waals surface area contributed by atoms with Crippen molar-refractivity contribution in [1.29, 1.82) is 0 Å². The lowest BCUT2D eigenvalue weighted by atomic mass is 10.2. The van der Waals surface area contributed by atoms with E-state index < -0.39 is 0 Å². The van der Waals surface area contributed by atoms with E-state index in [1.807, 2.05) is 13.0 Å². The number of hydrogen-bond acceptors (Lipinski definition) is 3. The first-order valence-corrected chi connectivity index (χ1v) is 7.97. The summed E-state index contributed by atoms with van der Waals surface area (Å²) in [6.45, 7) is 7.10. The second-order valence-corrected chi connectivity index (χ2v) is 6.10. The van der Waals surface area contributed by atoms with Crippen LogP contribution in [0.2, 0.25) is 10.0 Å². The molecule has 0 saturated carbocycles. The van der Waals surface area contributed by atoms with Crippen LogP contribution in [-0.2, 0) is 4.79 Å². The molecule has 1 fully saturated rings. The summed E-state index contributed by atoms with van der Waals surface area (Å²) in [6.07, 6.45) is 1.08. The van der Waals surface area contributed by atoms with Crippen molar-refractivity contribution >= 4 is 34.8 Å². The van der Waals surface area contributed by atoms with E-state index in [9.17, 15) is 4.79 Å². The summed E-state index contributed by atoms with van der Waals surface area (Å²) in [7, 11) is 0. The number of aryl methyl sites for hydroxylation is 1. The highest BCUT2D eigenvalue weighted by molar-refractivity contribution is 6.40. The van der Waals surface area contributed by atoms with Gasteiger partial charge in [-0.25, -0.2) is 0 Å². The van der Waals surface area contributed by atoms with E-state index in [0.717, 1.165) is 31.6 Å². The van der Waals surface area contributed by atoms with Gasteiger partial charge in [-0.1, -0.05) is 36.2 Å². The number of nitrogens with one attached hydrogen (secondary N) is 2. The Morgan fingerprint density at radius 1 is 1.48 bits per heavy atom. The average molecular weight is 330 g/mol. The Bertz CT molecular complexity index is 516. The van der Waals surface area contributed by atoms with Gasteiger partial charge in [0, 0.05) is 12.6 Å². The maximum absolute atomic E-state index is 12.3. The summed E-state index contributed by atoms with van der Waals surface area (Å²) in [5.41, 5.74) is 1.40. The summed E-state index contributed by atoms with van der Waals surface area (Å²) < 4.78 is 0. The quantitative estimate of drug-likeness (QED) is 0.872. The molecule has 1 saturated heterocycles. The fourth-order valence-electron chi connectivity index (χ4n) is 2.58. The van der Waals surface area contributed by atoms with E-state index in [4.69, 9.17) is 23.2 Å². The number of nitrogens with zero attached hydrogens (tertiary/aromatic N) is 1. The van der Waals surface area contributed by atoms with Gasteiger partial charge in [-0.15, -0.1) is 0 Å². The number of amides is 1. The molecule has 21 heavy (non-hydrogen) atoms. The molecule has 1 atom stereocenters. The number of carbonyl (C=O) groups excluding carboxylic acids is 1. The summed E-state index contributed by atoms with van der Waals surface area (Å²) >= 11 is 12.3. The minimum atomic E-state index is -0.0850. The Kier molecular flexibility index (Phi) is 5.88. The molecule has 1 aromatic carbocycles. The number of anilines is 1. The first-order chi connectivity index (χ1) is 10.0. The molecular formula is C15H21Cl2N3O. The van der Waals surface area contributed by atoms with Gasteiger partial charge >= 0.3 is 0 Å². The zero-order valence-electron chi connectivity index (χ0n) is 12.4. The van der Waals surface area contributed by atoms with E-state index in [1.54, 1.807) is 6.07 Å². The second kappa shape index (κ2) is 7.45. The molecule has 1 aromatic rings. The van der Waals surface area contributed by atoms with Gasteiger partial charge < -0.3 is 10.6 Å². The SMILES string of the molecule is CCN(CC(=O)Nc1c(Cl)ccc(C)c1Cl)C1CCNC1. The van der Waals surface area contributed by atoms with Crippen LogP contribution in [0.5, 0.6) is 0 Å². The van der Waals surface area contributed by atoms with Crippen LogP contribution in [0, 0.1) is 6.92 Å². The van der Waals surface area contributed by atoms with Gasteiger partial charge in [0.2, 0.25) is 5.91 Å². The maximum Gasteiger partial charge on any atom is 0.238 e. The van der Waals surface area contributed by atoms with E-state index >= 15 is 0 Å². The smallest absolute Gasteiger partial charge is 0.238 e. The fraction of sp³-hybridized carbons (Fsp3) is 0.533. The van der Waals surface area contributed by atoms with Crippen molar-refractivity contribution < 1.29 is 4.79 Å². The molecule has 1 aliphatic rings. The van der Waals surface area contributed by atoms with Gasteiger partial charge in [0.15, 0.2) is 0 Å². The number of carbonyl (C=O) groups is 1. The van der Waals surface area contributed by atoms with Gasteiger partial charge in [0.1, 0.15) is 0 Å². The molecule has 4 nitrogen and oxygen atoms in total. The minimum Gasteiger partial charge on any atom is -0.322 e. The van der Waals surface area contributed by atoms with Crippen LogP contribution in [0.4, 0.5) is 5.69 Å². The standard InChI is InChI=1S/C15H21Cl2N3O/c1-3-20(11-6-7-18-8-11)9-13(21)19-15-12(16)5-4-10(2)14(15)17/h4-5,11,18H,3,6-9H2,1-2H3,(H,19,21). The molecule has 0 radical (unpaired) electrons. The Labute approximate surface area is 135 Å². The van der Waals surface area contributed by atoms with Crippen LogP contribution >= 0.6 is 23.2 Å². The van der Waals surface area contributed by atoms with Crippen molar-refractivity contribution in [2.24, 2.45) is 0 Å².